The summed E-state index contributed by atoms with van der Waals surface area (Å²) in [5, 5.41) is 52.5. The van der Waals surface area contributed by atoms with Gasteiger partial charge in [0.1, 0.15) is 25.1 Å². The molecule has 2 aliphatic heterocycles. The number of quaternary nitrogens is 1. The summed E-state index contributed by atoms with van der Waals surface area (Å²) in [5.74, 6) is 0. The molecule has 3 unspecified atom stereocenters. The molecule has 8 nitrogen and oxygen atoms in total. The highest BCUT2D eigenvalue weighted by molar-refractivity contribution is 4.87. The number of nitrogens with one attached hydrogen (secondary N) is 1. The van der Waals surface area contributed by atoms with E-state index in [2.05, 4.69) is 5.32 Å². The van der Waals surface area contributed by atoms with E-state index in [1.165, 1.54) is 0 Å². The lowest BCUT2D eigenvalue weighted by molar-refractivity contribution is -0.938. The lowest BCUT2D eigenvalue weighted by Gasteiger charge is -2.50. The van der Waals surface area contributed by atoms with Crippen LogP contribution in [0, 0.1) is 5.21 Å². The molecule has 17 heavy (non-hydrogen) atoms. The first-order chi connectivity index (χ1) is 7.98. The predicted octanol–water partition coefficient (Wildman–Crippen LogP) is -2.99. The van der Waals surface area contributed by atoms with Gasteiger partial charge in [0.15, 0.2) is 6.10 Å². The van der Waals surface area contributed by atoms with Crippen LogP contribution in [0.2, 0.25) is 0 Å². The molecule has 2 heterocycles. The number of ether oxygens (including phenoxy) is 1. The summed E-state index contributed by atoms with van der Waals surface area (Å²) in [6.07, 6.45) is -5.15. The lowest BCUT2D eigenvalue weighted by atomic mass is 10.1. The van der Waals surface area contributed by atoms with Crippen LogP contribution in [0.25, 0.3) is 0 Å². The molecule has 0 aromatic rings. The highest BCUT2D eigenvalue weighted by atomic mass is 16.7. The van der Waals surface area contributed by atoms with Gasteiger partial charge < -0.3 is 35.0 Å². The minimum atomic E-state index is -1.33. The Morgan fingerprint density at radius 2 is 2.00 bits per heavy atom. The van der Waals surface area contributed by atoms with Gasteiger partial charge in [0.25, 0.3) is 0 Å². The second kappa shape index (κ2) is 4.75. The van der Waals surface area contributed by atoms with Gasteiger partial charge in [-0.3, -0.25) is 0 Å². The minimum Gasteiger partial charge on any atom is -0.630 e. The molecule has 5 N–H and O–H groups in total. The molecule has 2 fully saturated rings. The van der Waals surface area contributed by atoms with Gasteiger partial charge in [0, 0.05) is 6.42 Å². The van der Waals surface area contributed by atoms with Crippen LogP contribution in [0.3, 0.4) is 0 Å². The zero-order valence-electron chi connectivity index (χ0n) is 9.27. The molecule has 0 aliphatic carbocycles. The van der Waals surface area contributed by atoms with Gasteiger partial charge in [-0.1, -0.05) is 0 Å². The highest BCUT2D eigenvalue weighted by Crippen LogP contribution is 2.29. The summed E-state index contributed by atoms with van der Waals surface area (Å²) in [5.41, 5.74) is 0. The molecule has 8 heteroatoms. The van der Waals surface area contributed by atoms with Crippen molar-refractivity contribution in [3.63, 3.8) is 0 Å². The summed E-state index contributed by atoms with van der Waals surface area (Å²) in [7, 11) is 0. The van der Waals surface area contributed by atoms with Crippen molar-refractivity contribution in [1.82, 2.24) is 5.32 Å². The molecule has 2 rings (SSSR count). The summed E-state index contributed by atoms with van der Waals surface area (Å²) in [6, 6.07) is 0. The fourth-order valence-electron chi connectivity index (χ4n) is 2.27. The van der Waals surface area contributed by atoms with E-state index in [4.69, 9.17) is 9.84 Å². The van der Waals surface area contributed by atoms with Crippen LogP contribution in [-0.4, -0.2) is 75.7 Å². The van der Waals surface area contributed by atoms with Gasteiger partial charge in [-0.2, -0.15) is 0 Å². The third kappa shape index (κ3) is 2.30. The molecule has 0 radical (unpaired) electrons. The van der Waals surface area contributed by atoms with Crippen molar-refractivity contribution in [2.24, 2.45) is 0 Å². The normalized spacial score (nSPS) is 51.7. The van der Waals surface area contributed by atoms with E-state index >= 15 is 0 Å². The highest BCUT2D eigenvalue weighted by Gasteiger charge is 2.51. The zero-order chi connectivity index (χ0) is 12.6. The van der Waals surface area contributed by atoms with Crippen LogP contribution in [0.5, 0.6) is 0 Å². The van der Waals surface area contributed by atoms with E-state index in [-0.39, 0.29) is 19.6 Å². The molecule has 0 aromatic carbocycles. The maximum absolute atomic E-state index is 12.4. The molecular formula is C9H18N2O6. The molecule has 0 saturated carbocycles. The average molecular weight is 250 g/mol. The van der Waals surface area contributed by atoms with Crippen molar-refractivity contribution in [2.75, 3.05) is 19.8 Å². The van der Waals surface area contributed by atoms with E-state index in [0.29, 0.717) is 0 Å². The molecule has 0 spiro atoms. The molecular weight excluding hydrogens is 232 g/mol. The first kappa shape index (κ1) is 13.1. The monoisotopic (exact) mass is 250 g/mol. The maximum atomic E-state index is 12.4. The number of hydroxylamine groups is 3. The molecule has 0 aromatic heterocycles. The van der Waals surface area contributed by atoms with Crippen molar-refractivity contribution < 1.29 is 29.8 Å². The van der Waals surface area contributed by atoms with Gasteiger partial charge in [-0.25, -0.2) is 5.32 Å². The number of aliphatic hydroxyl groups is 4. The number of hydrogen-bond donors (Lipinski definition) is 5. The van der Waals surface area contributed by atoms with E-state index in [0.717, 1.165) is 0 Å². The Hall–Kier alpha value is -0.320. The molecule has 2 saturated heterocycles. The number of aliphatic hydroxyl groups excluding tert-OH is 4. The van der Waals surface area contributed by atoms with Crippen molar-refractivity contribution in [3.8, 4) is 0 Å². The SMILES string of the molecule is [O-][N+]1(C2O[C@H](CO)[C@@H](O)[C@H]2O)CCC(O)NC1. The third-order valence-corrected chi connectivity index (χ3v) is 3.36. The standard InChI is InChI=1S/C9H18N2O6/c12-3-5-7(14)8(15)9(17-5)11(16)2-1-6(13)10-4-11/h5-10,12-15H,1-4H2/t5-,6?,7-,8-,9?,11?/m1/s1. The van der Waals surface area contributed by atoms with Crippen LogP contribution in [0.15, 0.2) is 0 Å². The zero-order valence-corrected chi connectivity index (χ0v) is 9.27. The second-order valence-corrected chi connectivity index (χ2v) is 4.57. The van der Waals surface area contributed by atoms with E-state index < -0.39 is 42.0 Å². The van der Waals surface area contributed by atoms with Gasteiger partial charge in [-0.05, 0) is 0 Å². The van der Waals surface area contributed by atoms with Crippen molar-refractivity contribution >= 4 is 0 Å². The Labute approximate surface area is 98.2 Å². The minimum absolute atomic E-state index is 0.0841. The molecule has 6 atom stereocenters. The smallest absolute Gasteiger partial charge is 0.223 e. The van der Waals surface area contributed by atoms with Crippen molar-refractivity contribution in [1.29, 1.82) is 0 Å². The van der Waals surface area contributed by atoms with Crippen molar-refractivity contribution in [2.45, 2.75) is 37.2 Å². The van der Waals surface area contributed by atoms with Gasteiger partial charge in [-0.15, -0.1) is 0 Å². The van der Waals surface area contributed by atoms with Gasteiger partial charge in [0.05, 0.1) is 13.2 Å². The summed E-state index contributed by atoms with van der Waals surface area (Å²) >= 11 is 0. The Morgan fingerprint density at radius 3 is 2.47 bits per heavy atom. The number of hydrogen-bond acceptors (Lipinski definition) is 7. The average Bonchev–Trinajstić information content (AvgIpc) is 2.61. The van der Waals surface area contributed by atoms with Crippen LogP contribution >= 0.6 is 0 Å². The summed E-state index contributed by atoms with van der Waals surface area (Å²) < 4.78 is 4.32. The van der Waals surface area contributed by atoms with Gasteiger partial charge >= 0.3 is 0 Å². The molecule has 2 aliphatic rings. The van der Waals surface area contributed by atoms with Crippen LogP contribution in [-0.2, 0) is 4.74 Å². The van der Waals surface area contributed by atoms with E-state index in [1.54, 1.807) is 0 Å². The molecule has 0 amide bonds. The van der Waals surface area contributed by atoms with Gasteiger partial charge in [0.2, 0.25) is 6.23 Å². The van der Waals surface area contributed by atoms with E-state index in [1.807, 2.05) is 0 Å². The Morgan fingerprint density at radius 1 is 1.29 bits per heavy atom. The lowest BCUT2D eigenvalue weighted by Crippen LogP contribution is -2.64. The topological polar surface area (TPSA) is 125 Å². The van der Waals surface area contributed by atoms with Crippen LogP contribution < -0.4 is 5.32 Å². The van der Waals surface area contributed by atoms with Crippen LogP contribution in [0.1, 0.15) is 6.42 Å². The second-order valence-electron chi connectivity index (χ2n) is 4.57. The van der Waals surface area contributed by atoms with E-state index in [9.17, 15) is 20.5 Å². The predicted molar refractivity (Wildman–Crippen MR) is 54.9 cm³/mol. The Balaban J connectivity index is 2.07. The summed E-state index contributed by atoms with van der Waals surface area (Å²) in [4.78, 5) is 0. The molecule has 0 bridgehead atoms. The van der Waals surface area contributed by atoms with Crippen molar-refractivity contribution in [3.05, 3.63) is 5.21 Å². The quantitative estimate of drug-likeness (QED) is 0.261. The maximum Gasteiger partial charge on any atom is 0.223 e. The fraction of sp³-hybridized carbons (Fsp3) is 1.00. The largest absolute Gasteiger partial charge is 0.630 e. The first-order valence-electron chi connectivity index (χ1n) is 5.59. The summed E-state index contributed by atoms with van der Waals surface area (Å²) in [6.45, 7) is -0.473. The Kier molecular flexibility index (Phi) is 3.66. The number of nitrogens with zero attached hydrogens (tertiary/aromatic N) is 1. The first-order valence-corrected chi connectivity index (χ1v) is 5.59. The van der Waals surface area contributed by atoms with Crippen LogP contribution in [0.4, 0.5) is 0 Å². The third-order valence-electron chi connectivity index (χ3n) is 3.36. The Bertz CT molecular complexity index is 270. The molecule has 100 valence electrons. The number of rotatable bonds is 2. The fourth-order valence-corrected chi connectivity index (χ4v) is 2.27.